The molecule has 0 aliphatic rings. The molecule has 0 aromatic heterocycles. The second kappa shape index (κ2) is 13.0. The van der Waals surface area contributed by atoms with Gasteiger partial charge in [0.2, 0.25) is 5.91 Å². The van der Waals surface area contributed by atoms with E-state index in [1.54, 1.807) is 0 Å². The summed E-state index contributed by atoms with van der Waals surface area (Å²) in [5.74, 6) is 0.411. The van der Waals surface area contributed by atoms with Crippen molar-refractivity contribution in [2.75, 3.05) is 88.6 Å². The van der Waals surface area contributed by atoms with E-state index in [-0.39, 0.29) is 17.4 Å². The van der Waals surface area contributed by atoms with Gasteiger partial charge in [-0.1, -0.05) is 20.8 Å². The minimum atomic E-state index is -0.322. The van der Waals surface area contributed by atoms with Crippen molar-refractivity contribution in [1.29, 1.82) is 0 Å². The third-order valence-corrected chi connectivity index (χ3v) is 6.26. The summed E-state index contributed by atoms with van der Waals surface area (Å²) in [6, 6.07) is 0. The lowest BCUT2D eigenvalue weighted by molar-refractivity contribution is -0.907. The van der Waals surface area contributed by atoms with Gasteiger partial charge < -0.3 is 23.9 Å². The van der Waals surface area contributed by atoms with Crippen LogP contribution in [0, 0.1) is 5.41 Å². The van der Waals surface area contributed by atoms with E-state index in [0.29, 0.717) is 29.8 Å². The van der Waals surface area contributed by atoms with E-state index in [1.807, 2.05) is 20.8 Å². The first kappa shape index (κ1) is 31.0. The van der Waals surface area contributed by atoms with Crippen molar-refractivity contribution in [1.82, 2.24) is 5.32 Å². The molecular weight excluding hydrogens is 404 g/mol. The zero-order valence-corrected chi connectivity index (χ0v) is 23.0. The standard InChI is InChI=1S/C25H54N4O3/c1-11-25(2,3)24(32)26-16-14-18-29(9,10)20-22(30)15-12-13-17-28(7,8)21-23(31)19-27(4,5)6/h23,31H,11-21H2,1-10H3/q+2/p+1. The summed E-state index contributed by atoms with van der Waals surface area (Å²) in [6.07, 6.45) is 3.87. The fourth-order valence-electron chi connectivity index (χ4n) is 3.96. The summed E-state index contributed by atoms with van der Waals surface area (Å²) >= 11 is 0. The van der Waals surface area contributed by atoms with E-state index in [1.165, 1.54) is 0 Å². The first-order valence-electron chi connectivity index (χ1n) is 12.3. The molecule has 0 aromatic carbocycles. The molecule has 0 aliphatic heterocycles. The van der Waals surface area contributed by atoms with Crippen molar-refractivity contribution >= 4 is 11.7 Å². The number of amides is 1. The lowest BCUT2D eigenvalue weighted by Crippen LogP contribution is -2.51. The molecule has 0 radical (unpaired) electrons. The minimum Gasteiger partial charge on any atom is -0.382 e. The van der Waals surface area contributed by atoms with Gasteiger partial charge in [-0.3, -0.25) is 9.59 Å². The summed E-state index contributed by atoms with van der Waals surface area (Å²) in [5, 5.41) is 13.4. The Morgan fingerprint density at radius 2 is 1.44 bits per heavy atom. The van der Waals surface area contributed by atoms with E-state index in [0.717, 1.165) is 60.8 Å². The van der Waals surface area contributed by atoms with Crippen LogP contribution in [0.1, 0.15) is 52.9 Å². The second-order valence-corrected chi connectivity index (χ2v) is 12.6. The summed E-state index contributed by atoms with van der Waals surface area (Å²) in [7, 11) is 14.8. The van der Waals surface area contributed by atoms with Crippen molar-refractivity contribution in [3.8, 4) is 0 Å². The molecule has 0 aliphatic carbocycles. The summed E-state index contributed by atoms with van der Waals surface area (Å²) in [5.41, 5.74) is -0.322. The predicted octanol–water partition coefficient (Wildman–Crippen LogP) is 1.89. The highest BCUT2D eigenvalue weighted by atomic mass is 16.3. The zero-order chi connectivity index (χ0) is 25.2. The van der Waals surface area contributed by atoms with Gasteiger partial charge in [-0.2, -0.15) is 0 Å². The van der Waals surface area contributed by atoms with Gasteiger partial charge in [0.1, 0.15) is 19.6 Å². The lowest BCUT2D eigenvalue weighted by Gasteiger charge is -2.34. The van der Waals surface area contributed by atoms with E-state index >= 15 is 0 Å². The number of ketones is 1. The Kier molecular flexibility index (Phi) is 12.6. The summed E-state index contributed by atoms with van der Waals surface area (Å²) in [6.45, 7) is 10.5. The number of unbranched alkanes of at least 4 members (excludes halogenated alkanes) is 1. The van der Waals surface area contributed by atoms with Gasteiger partial charge in [0.05, 0.1) is 62.4 Å². The second-order valence-electron chi connectivity index (χ2n) is 12.6. The molecule has 2 N–H and O–H groups in total. The molecule has 0 rings (SSSR count). The lowest BCUT2D eigenvalue weighted by atomic mass is 9.89. The number of carbonyl (C=O) groups is 2. The number of carbonyl (C=O) groups excluding carboxylic acids is 2. The van der Waals surface area contributed by atoms with Crippen molar-refractivity contribution < 1.29 is 28.1 Å². The molecule has 0 fully saturated rings. The molecule has 0 saturated heterocycles. The van der Waals surface area contributed by atoms with Gasteiger partial charge in [0, 0.05) is 24.8 Å². The first-order chi connectivity index (χ1) is 14.4. The Balaban J connectivity index is 4.17. The number of aliphatic hydroxyl groups is 1. The van der Waals surface area contributed by atoms with E-state index in [4.69, 9.17) is 0 Å². The van der Waals surface area contributed by atoms with Gasteiger partial charge in [-0.15, -0.1) is 0 Å². The molecule has 0 bridgehead atoms. The number of likely N-dealkylation sites (N-methyl/N-ethyl adjacent to an activating group) is 3. The van der Waals surface area contributed by atoms with Gasteiger partial charge in [0.15, 0.2) is 11.9 Å². The van der Waals surface area contributed by atoms with Crippen LogP contribution in [-0.2, 0) is 9.59 Å². The number of quaternary nitrogens is 3. The molecule has 1 unspecified atom stereocenters. The predicted molar refractivity (Wildman–Crippen MR) is 133 cm³/mol. The van der Waals surface area contributed by atoms with Crippen LogP contribution >= 0.6 is 0 Å². The third kappa shape index (κ3) is 14.9. The van der Waals surface area contributed by atoms with Crippen molar-refractivity contribution in [3.05, 3.63) is 0 Å². The fraction of sp³-hybridized carbons (Fsp3) is 0.920. The van der Waals surface area contributed by atoms with Crippen LogP contribution in [0.3, 0.4) is 0 Å². The molecule has 1 atom stereocenters. The number of aliphatic hydroxyl groups excluding tert-OH is 1. The van der Waals surface area contributed by atoms with E-state index in [9.17, 15) is 14.7 Å². The average Bonchev–Trinajstić information content (AvgIpc) is 2.59. The number of Topliss-reactive ketones (excluding diaryl/α,β-unsaturated/α-hetero) is 1. The topological polar surface area (TPSA) is 66.4 Å². The summed E-state index contributed by atoms with van der Waals surface area (Å²) in [4.78, 5) is 24.6. The number of nitrogens with zero attached hydrogens (tertiary/aromatic N) is 3. The third-order valence-electron chi connectivity index (χ3n) is 6.26. The molecule has 0 spiro atoms. The van der Waals surface area contributed by atoms with Crippen LogP contribution in [0.2, 0.25) is 0 Å². The monoisotopic (exact) mass is 459 g/mol. The molecule has 0 saturated carbocycles. The van der Waals surface area contributed by atoms with Gasteiger partial charge in [-0.05, 0) is 19.3 Å². The molecule has 190 valence electrons. The molecule has 7 nitrogen and oxygen atoms in total. The molecule has 0 aromatic rings. The molecule has 32 heavy (non-hydrogen) atoms. The van der Waals surface area contributed by atoms with Crippen molar-refractivity contribution in [2.24, 2.45) is 5.41 Å². The quantitative estimate of drug-likeness (QED) is 0.258. The normalized spacial score (nSPS) is 14.3. The van der Waals surface area contributed by atoms with Gasteiger partial charge >= 0.3 is 0 Å². The highest BCUT2D eigenvalue weighted by molar-refractivity contribution is 5.81. The van der Waals surface area contributed by atoms with Crippen LogP contribution in [0.5, 0.6) is 0 Å². The minimum absolute atomic E-state index is 0.104. The fourth-order valence-corrected chi connectivity index (χ4v) is 3.96. The van der Waals surface area contributed by atoms with Crippen LogP contribution in [0.25, 0.3) is 0 Å². The number of nitrogens with one attached hydrogen (secondary N) is 1. The number of hydrogen-bond donors (Lipinski definition) is 2. The maximum Gasteiger partial charge on any atom is 0.225 e. The Morgan fingerprint density at radius 1 is 0.875 bits per heavy atom. The van der Waals surface area contributed by atoms with Crippen molar-refractivity contribution in [3.63, 3.8) is 0 Å². The van der Waals surface area contributed by atoms with E-state index in [2.05, 4.69) is 54.7 Å². The molecule has 7 heteroatoms. The smallest absolute Gasteiger partial charge is 0.225 e. The average molecular weight is 460 g/mol. The Bertz CT molecular complexity index is 580. The molecule has 0 heterocycles. The van der Waals surface area contributed by atoms with Crippen molar-refractivity contribution in [2.45, 2.75) is 59.0 Å². The SMILES string of the molecule is CCC(C)(C)C(=O)NCCC[N+](C)(C)CC(=O)CCCC[N+](C)(C)CC(O)C[N+](C)(C)C. The van der Waals surface area contributed by atoms with E-state index < -0.39 is 0 Å². The largest absolute Gasteiger partial charge is 0.382 e. The highest BCUT2D eigenvalue weighted by Crippen LogP contribution is 2.19. The van der Waals surface area contributed by atoms with Crippen LogP contribution in [0.15, 0.2) is 0 Å². The van der Waals surface area contributed by atoms with Crippen LogP contribution in [-0.4, -0.2) is 125 Å². The Morgan fingerprint density at radius 3 is 1.97 bits per heavy atom. The Labute approximate surface area is 198 Å². The maximum absolute atomic E-state index is 12.5. The summed E-state index contributed by atoms with van der Waals surface area (Å²) < 4.78 is 2.19. The zero-order valence-electron chi connectivity index (χ0n) is 23.0. The van der Waals surface area contributed by atoms with Crippen LogP contribution in [0.4, 0.5) is 0 Å². The van der Waals surface area contributed by atoms with Crippen LogP contribution < -0.4 is 5.32 Å². The molecular formula is C25H55N4O3+3. The van der Waals surface area contributed by atoms with Gasteiger partial charge in [-0.25, -0.2) is 0 Å². The Hall–Kier alpha value is -1.02. The highest BCUT2D eigenvalue weighted by Gasteiger charge is 2.26. The number of hydrogen-bond acceptors (Lipinski definition) is 3. The first-order valence-corrected chi connectivity index (χ1v) is 12.3. The molecule has 1 amide bonds. The number of rotatable bonds is 17. The maximum atomic E-state index is 12.5. The van der Waals surface area contributed by atoms with Gasteiger partial charge in [0.25, 0.3) is 0 Å².